The van der Waals surface area contributed by atoms with E-state index in [0.717, 1.165) is 26.2 Å². The lowest BCUT2D eigenvalue weighted by atomic mass is 10.3. The predicted octanol–water partition coefficient (Wildman–Crippen LogP) is -0.471. The number of nitrogens with zero attached hydrogens (tertiary/aromatic N) is 3. The summed E-state index contributed by atoms with van der Waals surface area (Å²) >= 11 is 0. The van der Waals surface area contributed by atoms with Crippen LogP contribution in [0.2, 0.25) is 0 Å². The van der Waals surface area contributed by atoms with Crippen LogP contribution in [0.25, 0.3) is 0 Å². The molecule has 6 heteroatoms. The lowest BCUT2D eigenvalue weighted by molar-refractivity contribution is 0.289. The first-order chi connectivity index (χ1) is 6.29. The Morgan fingerprint density at radius 2 is 1.85 bits per heavy atom. The van der Waals surface area contributed by atoms with Gasteiger partial charge in [0.1, 0.15) is 5.71 Å². The molecule has 0 saturated carbocycles. The van der Waals surface area contributed by atoms with Crippen LogP contribution < -0.4 is 5.32 Å². The van der Waals surface area contributed by atoms with Gasteiger partial charge in [-0.25, -0.2) is 0 Å². The highest BCUT2D eigenvalue weighted by molar-refractivity contribution is 6.40. The quantitative estimate of drug-likeness (QED) is 0.224. The van der Waals surface area contributed by atoms with E-state index >= 15 is 0 Å². The number of hydrogen-bond acceptors (Lipinski definition) is 5. The zero-order valence-corrected chi connectivity index (χ0v) is 7.56. The molecule has 0 aromatic rings. The van der Waals surface area contributed by atoms with Gasteiger partial charge in [-0.2, -0.15) is 0 Å². The van der Waals surface area contributed by atoms with E-state index in [1.807, 2.05) is 4.90 Å². The molecule has 13 heavy (non-hydrogen) atoms. The number of piperazine rings is 1. The van der Waals surface area contributed by atoms with E-state index in [9.17, 15) is 0 Å². The number of oxime groups is 2. The molecule has 0 atom stereocenters. The standard InChI is InChI=1S/C7H14N4O2/c1-6(9-12)7(10-13)11-4-2-8-3-5-11/h8,12-13H,2-5H2,1H3/b9-6+,10-7-. The van der Waals surface area contributed by atoms with Crippen molar-refractivity contribution in [1.29, 1.82) is 0 Å². The van der Waals surface area contributed by atoms with Gasteiger partial charge in [0.15, 0.2) is 5.84 Å². The monoisotopic (exact) mass is 186 g/mol. The van der Waals surface area contributed by atoms with Crippen molar-refractivity contribution in [3.63, 3.8) is 0 Å². The normalized spacial score (nSPS) is 20.5. The van der Waals surface area contributed by atoms with E-state index in [2.05, 4.69) is 15.6 Å². The third kappa shape index (κ3) is 2.32. The van der Waals surface area contributed by atoms with Crippen molar-refractivity contribution in [2.45, 2.75) is 6.92 Å². The topological polar surface area (TPSA) is 80.5 Å². The summed E-state index contributed by atoms with van der Waals surface area (Å²) in [6.45, 7) is 4.80. The summed E-state index contributed by atoms with van der Waals surface area (Å²) < 4.78 is 0. The van der Waals surface area contributed by atoms with Crippen molar-refractivity contribution in [3.05, 3.63) is 0 Å². The second kappa shape index (κ2) is 4.66. The van der Waals surface area contributed by atoms with Crippen LogP contribution >= 0.6 is 0 Å². The van der Waals surface area contributed by atoms with Gasteiger partial charge in [-0.1, -0.05) is 10.3 Å². The van der Waals surface area contributed by atoms with E-state index in [1.54, 1.807) is 6.92 Å². The van der Waals surface area contributed by atoms with E-state index < -0.39 is 0 Å². The van der Waals surface area contributed by atoms with Gasteiger partial charge in [-0.15, -0.1) is 0 Å². The van der Waals surface area contributed by atoms with Gasteiger partial charge in [0.05, 0.1) is 0 Å². The van der Waals surface area contributed by atoms with Crippen LogP contribution in [0.1, 0.15) is 6.92 Å². The first-order valence-electron chi connectivity index (χ1n) is 4.16. The zero-order chi connectivity index (χ0) is 9.68. The van der Waals surface area contributed by atoms with Crippen LogP contribution in [-0.2, 0) is 0 Å². The highest BCUT2D eigenvalue weighted by atomic mass is 16.4. The Bertz CT molecular complexity index is 221. The molecule has 0 unspecified atom stereocenters. The Morgan fingerprint density at radius 1 is 1.23 bits per heavy atom. The fourth-order valence-electron chi connectivity index (χ4n) is 1.29. The maximum absolute atomic E-state index is 8.71. The van der Waals surface area contributed by atoms with Crippen molar-refractivity contribution in [1.82, 2.24) is 10.2 Å². The lowest BCUT2D eigenvalue weighted by Crippen LogP contribution is -2.48. The summed E-state index contributed by atoms with van der Waals surface area (Å²) in [5.41, 5.74) is 0.324. The first-order valence-corrected chi connectivity index (χ1v) is 4.16. The maximum atomic E-state index is 8.71. The maximum Gasteiger partial charge on any atom is 0.192 e. The number of hydrogen-bond donors (Lipinski definition) is 3. The second-order valence-electron chi connectivity index (χ2n) is 2.85. The molecule has 1 aliphatic heterocycles. The summed E-state index contributed by atoms with van der Waals surface area (Å²) in [5, 5.41) is 26.5. The Balaban J connectivity index is 2.66. The van der Waals surface area contributed by atoms with Crippen LogP contribution in [0, 0.1) is 0 Å². The van der Waals surface area contributed by atoms with Crippen LogP contribution in [0.4, 0.5) is 0 Å². The average Bonchev–Trinajstić information content (AvgIpc) is 2.20. The summed E-state index contributed by atoms with van der Waals surface area (Å²) in [5.74, 6) is 0.337. The van der Waals surface area contributed by atoms with Gasteiger partial charge in [-0.05, 0) is 6.92 Å². The van der Waals surface area contributed by atoms with Crippen molar-refractivity contribution < 1.29 is 10.4 Å². The minimum Gasteiger partial charge on any atom is -0.411 e. The van der Waals surface area contributed by atoms with Crippen LogP contribution in [0.3, 0.4) is 0 Å². The molecule has 1 aliphatic rings. The Kier molecular flexibility index (Phi) is 3.51. The molecular formula is C7H14N4O2. The minimum absolute atomic E-state index is 0.324. The summed E-state index contributed by atoms with van der Waals surface area (Å²) in [4.78, 5) is 1.87. The summed E-state index contributed by atoms with van der Waals surface area (Å²) in [6.07, 6.45) is 0. The molecule has 1 rings (SSSR count). The van der Waals surface area contributed by atoms with Gasteiger partial charge >= 0.3 is 0 Å². The number of rotatable bonds is 1. The van der Waals surface area contributed by atoms with E-state index in [1.165, 1.54) is 0 Å². The fourth-order valence-corrected chi connectivity index (χ4v) is 1.29. The third-order valence-corrected chi connectivity index (χ3v) is 1.98. The number of nitrogens with one attached hydrogen (secondary N) is 1. The smallest absolute Gasteiger partial charge is 0.192 e. The summed E-state index contributed by atoms with van der Waals surface area (Å²) in [6, 6.07) is 0. The Hall–Kier alpha value is -1.30. The van der Waals surface area contributed by atoms with Crippen molar-refractivity contribution >= 4 is 11.5 Å². The molecule has 1 heterocycles. The van der Waals surface area contributed by atoms with Crippen LogP contribution in [0.5, 0.6) is 0 Å². The lowest BCUT2D eigenvalue weighted by Gasteiger charge is -2.28. The molecule has 0 radical (unpaired) electrons. The Labute approximate surface area is 76.5 Å². The zero-order valence-electron chi connectivity index (χ0n) is 7.56. The third-order valence-electron chi connectivity index (χ3n) is 1.98. The minimum atomic E-state index is 0.324. The van der Waals surface area contributed by atoms with Crippen molar-refractivity contribution in [3.8, 4) is 0 Å². The second-order valence-corrected chi connectivity index (χ2v) is 2.85. The van der Waals surface area contributed by atoms with Crippen LogP contribution in [0.15, 0.2) is 10.3 Å². The van der Waals surface area contributed by atoms with Gasteiger partial charge in [0.25, 0.3) is 0 Å². The predicted molar refractivity (Wildman–Crippen MR) is 48.6 cm³/mol. The van der Waals surface area contributed by atoms with E-state index in [4.69, 9.17) is 10.4 Å². The highest BCUT2D eigenvalue weighted by Gasteiger charge is 2.17. The van der Waals surface area contributed by atoms with Gasteiger partial charge in [-0.3, -0.25) is 0 Å². The Morgan fingerprint density at radius 3 is 2.31 bits per heavy atom. The SMILES string of the molecule is CC(=N\O)/C(=N/O)N1CCNCC1. The molecule has 0 spiro atoms. The number of amidine groups is 1. The van der Waals surface area contributed by atoms with Crippen molar-refractivity contribution in [2.75, 3.05) is 26.2 Å². The first kappa shape index (κ1) is 9.79. The molecule has 0 aromatic heterocycles. The molecule has 0 bridgehead atoms. The molecular weight excluding hydrogens is 172 g/mol. The average molecular weight is 186 g/mol. The highest BCUT2D eigenvalue weighted by Crippen LogP contribution is 1.97. The molecule has 1 fully saturated rings. The van der Waals surface area contributed by atoms with E-state index in [0.29, 0.717) is 11.5 Å². The molecule has 0 aliphatic carbocycles. The van der Waals surface area contributed by atoms with Gasteiger partial charge < -0.3 is 20.6 Å². The molecule has 0 amide bonds. The largest absolute Gasteiger partial charge is 0.411 e. The van der Waals surface area contributed by atoms with E-state index in [-0.39, 0.29) is 0 Å². The van der Waals surface area contributed by atoms with Gasteiger partial charge in [0.2, 0.25) is 0 Å². The fraction of sp³-hybridized carbons (Fsp3) is 0.714. The molecule has 1 saturated heterocycles. The van der Waals surface area contributed by atoms with Gasteiger partial charge in [0, 0.05) is 26.2 Å². The van der Waals surface area contributed by atoms with Crippen LogP contribution in [-0.4, -0.2) is 53.0 Å². The molecule has 0 aromatic carbocycles. The molecule has 6 nitrogen and oxygen atoms in total. The van der Waals surface area contributed by atoms with Crippen molar-refractivity contribution in [2.24, 2.45) is 10.3 Å². The summed E-state index contributed by atoms with van der Waals surface area (Å²) in [7, 11) is 0. The molecule has 3 N–H and O–H groups in total. The molecule has 74 valence electrons.